The van der Waals surface area contributed by atoms with Crippen molar-refractivity contribution in [2.24, 2.45) is 5.92 Å². The minimum atomic E-state index is -0.578. The van der Waals surface area contributed by atoms with Crippen molar-refractivity contribution in [2.75, 3.05) is 11.9 Å². The molecule has 0 spiro atoms. The van der Waals surface area contributed by atoms with Crippen molar-refractivity contribution in [2.45, 2.75) is 38.2 Å². The predicted octanol–water partition coefficient (Wildman–Crippen LogP) is 1.83. The van der Waals surface area contributed by atoms with Gasteiger partial charge in [-0.15, -0.1) is 0 Å². The molecule has 0 saturated heterocycles. The first-order valence-corrected chi connectivity index (χ1v) is 5.91. The third-order valence-electron chi connectivity index (χ3n) is 3.35. The fourth-order valence-corrected chi connectivity index (χ4v) is 2.11. The van der Waals surface area contributed by atoms with Crippen molar-refractivity contribution in [1.82, 2.24) is 9.97 Å². The average Bonchev–Trinajstić information content (AvgIpc) is 2.33. The van der Waals surface area contributed by atoms with E-state index in [0.717, 1.165) is 31.6 Å². The van der Waals surface area contributed by atoms with Crippen LogP contribution in [0.1, 0.15) is 32.6 Å². The first kappa shape index (κ1) is 11.3. The molecule has 1 aromatic rings. The number of rotatable bonds is 3. The van der Waals surface area contributed by atoms with E-state index in [-0.39, 0.29) is 0 Å². The van der Waals surface area contributed by atoms with E-state index in [1.54, 1.807) is 18.5 Å². The zero-order valence-corrected chi connectivity index (χ0v) is 9.69. The van der Waals surface area contributed by atoms with Gasteiger partial charge in [0.2, 0.25) is 5.95 Å². The highest BCUT2D eigenvalue weighted by atomic mass is 16.3. The maximum Gasteiger partial charge on any atom is 0.222 e. The van der Waals surface area contributed by atoms with Gasteiger partial charge in [0.05, 0.1) is 5.60 Å². The molecular formula is C12H19N3O. The third kappa shape index (κ3) is 2.92. The SMILES string of the molecule is CC1CCC(O)(CNc2ncccn2)CC1. The Kier molecular flexibility index (Phi) is 3.39. The molecule has 88 valence electrons. The largest absolute Gasteiger partial charge is 0.388 e. The molecule has 0 atom stereocenters. The van der Waals surface area contributed by atoms with Gasteiger partial charge in [-0.05, 0) is 37.7 Å². The average molecular weight is 221 g/mol. The van der Waals surface area contributed by atoms with Crippen molar-refractivity contribution >= 4 is 5.95 Å². The molecule has 1 aromatic heterocycles. The predicted molar refractivity (Wildman–Crippen MR) is 63.1 cm³/mol. The normalized spacial score (nSPS) is 30.0. The Morgan fingerprint density at radius 3 is 2.62 bits per heavy atom. The smallest absolute Gasteiger partial charge is 0.222 e. The summed E-state index contributed by atoms with van der Waals surface area (Å²) in [4.78, 5) is 8.15. The highest BCUT2D eigenvalue weighted by Gasteiger charge is 2.31. The number of hydrogen-bond acceptors (Lipinski definition) is 4. The van der Waals surface area contributed by atoms with Crippen LogP contribution in [0, 0.1) is 5.92 Å². The third-order valence-corrected chi connectivity index (χ3v) is 3.35. The maximum absolute atomic E-state index is 10.3. The first-order chi connectivity index (χ1) is 7.68. The molecule has 2 rings (SSSR count). The fourth-order valence-electron chi connectivity index (χ4n) is 2.11. The van der Waals surface area contributed by atoms with Crippen LogP contribution >= 0.6 is 0 Å². The van der Waals surface area contributed by atoms with Crippen molar-refractivity contribution in [3.63, 3.8) is 0 Å². The molecule has 0 radical (unpaired) electrons. The quantitative estimate of drug-likeness (QED) is 0.817. The van der Waals surface area contributed by atoms with E-state index in [4.69, 9.17) is 0 Å². The van der Waals surface area contributed by atoms with Crippen LogP contribution in [-0.2, 0) is 0 Å². The van der Waals surface area contributed by atoms with Crippen molar-refractivity contribution in [3.8, 4) is 0 Å². The molecule has 2 N–H and O–H groups in total. The van der Waals surface area contributed by atoms with Gasteiger partial charge < -0.3 is 10.4 Å². The Morgan fingerprint density at radius 2 is 2.00 bits per heavy atom. The Hall–Kier alpha value is -1.16. The molecule has 1 aliphatic rings. The molecular weight excluding hydrogens is 202 g/mol. The lowest BCUT2D eigenvalue weighted by Gasteiger charge is -2.34. The molecule has 4 nitrogen and oxygen atoms in total. The van der Waals surface area contributed by atoms with Gasteiger partial charge in [0, 0.05) is 18.9 Å². The minimum absolute atomic E-state index is 0.545. The van der Waals surface area contributed by atoms with Gasteiger partial charge in [-0.25, -0.2) is 9.97 Å². The number of nitrogens with zero attached hydrogens (tertiary/aromatic N) is 2. The van der Waals surface area contributed by atoms with Crippen LogP contribution in [0.25, 0.3) is 0 Å². The zero-order valence-electron chi connectivity index (χ0n) is 9.69. The first-order valence-electron chi connectivity index (χ1n) is 5.91. The van der Waals surface area contributed by atoms with Gasteiger partial charge in [0.25, 0.3) is 0 Å². The van der Waals surface area contributed by atoms with Crippen LogP contribution in [0.2, 0.25) is 0 Å². The molecule has 0 amide bonds. The number of nitrogens with one attached hydrogen (secondary N) is 1. The van der Waals surface area contributed by atoms with Crippen LogP contribution in [0.3, 0.4) is 0 Å². The van der Waals surface area contributed by atoms with E-state index in [0.29, 0.717) is 12.5 Å². The van der Waals surface area contributed by atoms with Crippen LogP contribution < -0.4 is 5.32 Å². The summed E-state index contributed by atoms with van der Waals surface area (Å²) in [6.07, 6.45) is 7.34. The number of aromatic nitrogens is 2. The van der Waals surface area contributed by atoms with Crippen LogP contribution in [0.15, 0.2) is 18.5 Å². The maximum atomic E-state index is 10.3. The van der Waals surface area contributed by atoms with Crippen LogP contribution in [-0.4, -0.2) is 27.2 Å². The molecule has 1 aliphatic carbocycles. The molecule has 0 unspecified atom stereocenters. The Bertz CT molecular complexity index is 320. The molecule has 1 heterocycles. The van der Waals surface area contributed by atoms with Gasteiger partial charge >= 0.3 is 0 Å². The van der Waals surface area contributed by atoms with Crippen LogP contribution in [0.5, 0.6) is 0 Å². The minimum Gasteiger partial charge on any atom is -0.388 e. The molecule has 4 heteroatoms. The lowest BCUT2D eigenvalue weighted by molar-refractivity contribution is 0.00487. The van der Waals surface area contributed by atoms with E-state index in [2.05, 4.69) is 22.2 Å². The molecule has 16 heavy (non-hydrogen) atoms. The number of anilines is 1. The van der Waals surface area contributed by atoms with Gasteiger partial charge in [-0.2, -0.15) is 0 Å². The summed E-state index contributed by atoms with van der Waals surface area (Å²) >= 11 is 0. The van der Waals surface area contributed by atoms with E-state index < -0.39 is 5.60 Å². The molecule has 0 aliphatic heterocycles. The van der Waals surface area contributed by atoms with E-state index in [9.17, 15) is 5.11 Å². The number of hydrogen-bond donors (Lipinski definition) is 2. The van der Waals surface area contributed by atoms with Crippen molar-refractivity contribution in [1.29, 1.82) is 0 Å². The number of aliphatic hydroxyl groups is 1. The summed E-state index contributed by atoms with van der Waals surface area (Å²) in [6.45, 7) is 2.79. The summed E-state index contributed by atoms with van der Waals surface area (Å²) in [7, 11) is 0. The summed E-state index contributed by atoms with van der Waals surface area (Å²) in [5.41, 5.74) is -0.578. The van der Waals surface area contributed by atoms with Crippen molar-refractivity contribution < 1.29 is 5.11 Å². The topological polar surface area (TPSA) is 58.0 Å². The van der Waals surface area contributed by atoms with Gasteiger partial charge in [0.15, 0.2) is 0 Å². The summed E-state index contributed by atoms with van der Waals surface area (Å²) < 4.78 is 0. The summed E-state index contributed by atoms with van der Waals surface area (Å²) in [5.74, 6) is 1.34. The van der Waals surface area contributed by atoms with Gasteiger partial charge in [0.1, 0.15) is 0 Å². The second kappa shape index (κ2) is 4.78. The Balaban J connectivity index is 1.85. The Labute approximate surface area is 96.1 Å². The van der Waals surface area contributed by atoms with Crippen molar-refractivity contribution in [3.05, 3.63) is 18.5 Å². The monoisotopic (exact) mass is 221 g/mol. The summed E-state index contributed by atoms with van der Waals surface area (Å²) in [6, 6.07) is 1.78. The highest BCUT2D eigenvalue weighted by molar-refractivity contribution is 5.23. The van der Waals surface area contributed by atoms with E-state index >= 15 is 0 Å². The Morgan fingerprint density at radius 1 is 1.38 bits per heavy atom. The highest BCUT2D eigenvalue weighted by Crippen LogP contribution is 2.31. The fraction of sp³-hybridized carbons (Fsp3) is 0.667. The van der Waals surface area contributed by atoms with Gasteiger partial charge in [-0.3, -0.25) is 0 Å². The zero-order chi connectivity index (χ0) is 11.4. The second-order valence-electron chi connectivity index (χ2n) is 4.83. The summed E-state index contributed by atoms with van der Waals surface area (Å²) in [5, 5.41) is 13.4. The van der Waals surface area contributed by atoms with E-state index in [1.807, 2.05) is 0 Å². The standard InChI is InChI=1S/C12H19N3O/c1-10-3-5-12(16,6-4-10)9-15-11-13-7-2-8-14-11/h2,7-8,10,16H,3-6,9H2,1H3,(H,13,14,15). The molecule has 0 aromatic carbocycles. The molecule has 1 fully saturated rings. The lowest BCUT2D eigenvalue weighted by Crippen LogP contribution is -2.40. The second-order valence-corrected chi connectivity index (χ2v) is 4.83. The molecule has 1 saturated carbocycles. The lowest BCUT2D eigenvalue weighted by atomic mass is 9.79. The van der Waals surface area contributed by atoms with Gasteiger partial charge in [-0.1, -0.05) is 6.92 Å². The van der Waals surface area contributed by atoms with E-state index in [1.165, 1.54) is 0 Å². The van der Waals surface area contributed by atoms with Crippen LogP contribution in [0.4, 0.5) is 5.95 Å². The molecule has 0 bridgehead atoms.